The van der Waals surface area contributed by atoms with Crippen molar-refractivity contribution in [3.63, 3.8) is 0 Å². The molecular weight excluding hydrogens is 544 g/mol. The Balaban J connectivity index is 1.28. The lowest BCUT2D eigenvalue weighted by Gasteiger charge is -2.37. The van der Waals surface area contributed by atoms with Crippen LogP contribution in [0.5, 0.6) is 0 Å². The maximum absolute atomic E-state index is 11.6. The number of benzene rings is 4. The van der Waals surface area contributed by atoms with Gasteiger partial charge in [-0.05, 0) is 42.7 Å². The van der Waals surface area contributed by atoms with Crippen LogP contribution >= 0.6 is 0 Å². The largest absolute Gasteiger partial charge is 0.358 e. The lowest BCUT2D eigenvalue weighted by Crippen LogP contribution is -2.39. The number of fused-ring (bicyclic) bond motifs is 2. The first kappa shape index (κ1) is 27.5. The van der Waals surface area contributed by atoms with E-state index in [0.29, 0.717) is 5.52 Å². The summed E-state index contributed by atoms with van der Waals surface area (Å²) in [6.07, 6.45) is -0.0342. The highest BCUT2D eigenvalue weighted by atomic mass is 16.8. The van der Waals surface area contributed by atoms with E-state index in [2.05, 4.69) is 36.4 Å². The van der Waals surface area contributed by atoms with E-state index in [4.69, 9.17) is 18.9 Å². The van der Waals surface area contributed by atoms with Crippen molar-refractivity contribution in [1.82, 2.24) is 4.57 Å². The fourth-order valence-corrected chi connectivity index (χ4v) is 6.47. The molecule has 4 atom stereocenters. The lowest BCUT2D eigenvalue weighted by molar-refractivity contribution is -0.384. The Bertz CT molecular complexity index is 1640. The summed E-state index contributed by atoms with van der Waals surface area (Å²) in [4.78, 5) is 11.2. The summed E-state index contributed by atoms with van der Waals surface area (Å²) >= 11 is 0. The smallest absolute Gasteiger partial charge is 0.271 e. The monoisotopic (exact) mass is 576 g/mol. The van der Waals surface area contributed by atoms with Gasteiger partial charge in [-0.15, -0.1) is 0 Å². The minimum absolute atomic E-state index is 0.0177. The van der Waals surface area contributed by atoms with Crippen LogP contribution < -0.4 is 0 Å². The van der Waals surface area contributed by atoms with Gasteiger partial charge in [0, 0.05) is 23.7 Å². The molecular formula is C35H32N2O6. The summed E-state index contributed by atoms with van der Waals surface area (Å²) < 4.78 is 28.5. The molecule has 2 saturated heterocycles. The molecule has 0 N–H and O–H groups in total. The second-order valence-corrected chi connectivity index (χ2v) is 11.4. The van der Waals surface area contributed by atoms with Crippen molar-refractivity contribution in [1.29, 1.82) is 0 Å². The summed E-state index contributed by atoms with van der Waals surface area (Å²) in [6.45, 7) is 3.98. The van der Waals surface area contributed by atoms with Gasteiger partial charge in [-0.2, -0.15) is 0 Å². The van der Waals surface area contributed by atoms with Crippen LogP contribution in [0.25, 0.3) is 10.9 Å². The molecule has 0 bridgehead atoms. The Kier molecular flexibility index (Phi) is 6.86. The number of nitro benzene ring substituents is 1. The molecule has 5 aromatic rings. The van der Waals surface area contributed by atoms with E-state index < -0.39 is 35.9 Å². The van der Waals surface area contributed by atoms with Crippen LogP contribution in [0.3, 0.4) is 0 Å². The first-order valence-electron chi connectivity index (χ1n) is 14.4. The summed E-state index contributed by atoms with van der Waals surface area (Å²) in [7, 11) is 0. The number of rotatable bonds is 8. The zero-order valence-corrected chi connectivity index (χ0v) is 23.9. The first-order valence-corrected chi connectivity index (χ1v) is 14.4. The molecule has 8 nitrogen and oxygen atoms in total. The molecule has 0 radical (unpaired) electrons. The molecule has 2 fully saturated rings. The Morgan fingerprint density at radius 3 is 1.93 bits per heavy atom. The average molecular weight is 577 g/mol. The van der Waals surface area contributed by atoms with Crippen molar-refractivity contribution in [2.75, 3.05) is 6.61 Å². The van der Waals surface area contributed by atoms with Crippen LogP contribution in [0, 0.1) is 10.1 Å². The maximum atomic E-state index is 11.6. The predicted octanol–water partition coefficient (Wildman–Crippen LogP) is 6.98. The van der Waals surface area contributed by atoms with Crippen molar-refractivity contribution in [2.45, 2.75) is 49.8 Å². The third-order valence-corrected chi connectivity index (χ3v) is 8.32. The standard InChI is InChI=1S/C35H32N2O6/c1-34(2)42-31-30(41-33(32(31)43-34)36-21-20-24-18-19-28(37(38)39)22-29(24)36)23-40-35(25-12-6-3-7-13-25,26-14-8-4-9-15-26)27-16-10-5-11-17-27/h3-22,30-33H,23H2,1-2H3/t30-,31-,32-,33?/m1/s1. The van der Waals surface area contributed by atoms with Gasteiger partial charge in [-0.3, -0.25) is 10.1 Å². The Hall–Kier alpha value is -4.34. The number of nitrogens with zero attached hydrogens (tertiary/aromatic N) is 2. The van der Waals surface area contributed by atoms with Crippen molar-refractivity contribution in [3.8, 4) is 0 Å². The molecule has 3 heterocycles. The molecule has 218 valence electrons. The third-order valence-electron chi connectivity index (χ3n) is 8.32. The molecule has 0 aliphatic carbocycles. The zero-order chi connectivity index (χ0) is 29.6. The number of nitro groups is 1. The molecule has 43 heavy (non-hydrogen) atoms. The van der Waals surface area contributed by atoms with Gasteiger partial charge in [0.15, 0.2) is 12.0 Å². The second-order valence-electron chi connectivity index (χ2n) is 11.4. The SMILES string of the molecule is CC1(C)O[C@@H]2[C@@H](COC(c3ccccc3)(c3ccccc3)c3ccccc3)OC(n3ccc4ccc([N+](=O)[O-])cc43)[C@@H]2O1. The summed E-state index contributed by atoms with van der Waals surface area (Å²) in [5.41, 5.74) is 2.77. The van der Waals surface area contributed by atoms with Crippen molar-refractivity contribution in [2.24, 2.45) is 0 Å². The summed E-state index contributed by atoms with van der Waals surface area (Å²) in [5.74, 6) is -0.833. The highest BCUT2D eigenvalue weighted by Crippen LogP contribution is 2.46. The number of hydrogen-bond acceptors (Lipinski definition) is 6. The molecule has 7 rings (SSSR count). The Morgan fingerprint density at radius 2 is 1.37 bits per heavy atom. The van der Waals surface area contributed by atoms with Crippen LogP contribution in [-0.2, 0) is 24.5 Å². The summed E-state index contributed by atoms with van der Waals surface area (Å²) in [6, 6.07) is 37.3. The molecule has 4 aromatic carbocycles. The topological polar surface area (TPSA) is 85.0 Å². The minimum atomic E-state index is -0.920. The van der Waals surface area contributed by atoms with Gasteiger partial charge < -0.3 is 23.5 Å². The molecule has 0 spiro atoms. The van der Waals surface area contributed by atoms with E-state index in [1.807, 2.05) is 85.3 Å². The quantitative estimate of drug-likeness (QED) is 0.113. The number of non-ortho nitro benzene ring substituents is 1. The van der Waals surface area contributed by atoms with Crippen LogP contribution in [0.2, 0.25) is 0 Å². The minimum Gasteiger partial charge on any atom is -0.358 e. The Labute approximate surface area is 249 Å². The summed E-state index contributed by atoms with van der Waals surface area (Å²) in [5, 5.41) is 12.4. The fraction of sp³-hybridized carbons (Fsp3) is 0.257. The highest BCUT2D eigenvalue weighted by molar-refractivity contribution is 5.82. The van der Waals surface area contributed by atoms with E-state index in [1.165, 1.54) is 6.07 Å². The van der Waals surface area contributed by atoms with Gasteiger partial charge in [0.2, 0.25) is 0 Å². The van der Waals surface area contributed by atoms with Crippen LogP contribution in [0.15, 0.2) is 121 Å². The molecule has 2 aliphatic heterocycles. The van der Waals surface area contributed by atoms with Gasteiger partial charge in [-0.1, -0.05) is 91.0 Å². The maximum Gasteiger partial charge on any atom is 0.271 e. The van der Waals surface area contributed by atoms with Gasteiger partial charge >= 0.3 is 0 Å². The zero-order valence-electron chi connectivity index (χ0n) is 23.9. The number of aromatic nitrogens is 1. The molecule has 1 unspecified atom stereocenters. The molecule has 1 aromatic heterocycles. The van der Waals surface area contributed by atoms with Crippen LogP contribution in [0.4, 0.5) is 5.69 Å². The van der Waals surface area contributed by atoms with E-state index in [0.717, 1.165) is 22.1 Å². The second kappa shape index (κ2) is 10.7. The number of hydrogen-bond donors (Lipinski definition) is 0. The third kappa shape index (κ3) is 4.82. The van der Waals surface area contributed by atoms with Crippen molar-refractivity contribution < 1.29 is 23.9 Å². The van der Waals surface area contributed by atoms with E-state index in [1.54, 1.807) is 12.1 Å². The van der Waals surface area contributed by atoms with Gasteiger partial charge in [0.05, 0.1) is 17.0 Å². The molecule has 0 saturated carbocycles. The van der Waals surface area contributed by atoms with E-state index in [9.17, 15) is 10.1 Å². The van der Waals surface area contributed by atoms with Gasteiger partial charge in [-0.25, -0.2) is 0 Å². The molecule has 0 amide bonds. The van der Waals surface area contributed by atoms with E-state index >= 15 is 0 Å². The molecule has 2 aliphatic rings. The van der Waals surface area contributed by atoms with Crippen LogP contribution in [-0.4, -0.2) is 40.2 Å². The highest BCUT2D eigenvalue weighted by Gasteiger charge is 2.56. The van der Waals surface area contributed by atoms with Gasteiger partial charge in [0.25, 0.3) is 5.69 Å². The predicted molar refractivity (Wildman–Crippen MR) is 161 cm³/mol. The first-order chi connectivity index (χ1) is 20.9. The normalized spacial score (nSPS) is 22.9. The Morgan fingerprint density at radius 1 is 0.814 bits per heavy atom. The van der Waals surface area contributed by atoms with Crippen molar-refractivity contribution >= 4 is 16.6 Å². The molecule has 8 heteroatoms. The average Bonchev–Trinajstić information content (AvgIpc) is 3.69. The van der Waals surface area contributed by atoms with Crippen molar-refractivity contribution in [3.05, 3.63) is 148 Å². The lowest BCUT2D eigenvalue weighted by atomic mass is 9.80. The van der Waals surface area contributed by atoms with E-state index in [-0.39, 0.29) is 17.2 Å². The van der Waals surface area contributed by atoms with Crippen LogP contribution in [0.1, 0.15) is 36.8 Å². The van der Waals surface area contributed by atoms with Gasteiger partial charge in [0.1, 0.15) is 23.9 Å². The fourth-order valence-electron chi connectivity index (χ4n) is 6.47. The number of ether oxygens (including phenoxy) is 4.